The van der Waals surface area contributed by atoms with E-state index in [2.05, 4.69) is 39.3 Å². The van der Waals surface area contributed by atoms with Gasteiger partial charge in [-0.2, -0.15) is 4.57 Å². The third-order valence-corrected chi connectivity index (χ3v) is 30.3. The first-order valence-corrected chi connectivity index (χ1v) is 43.8. The van der Waals surface area contributed by atoms with Gasteiger partial charge in [-0.05, 0) is 35.2 Å². The van der Waals surface area contributed by atoms with Gasteiger partial charge in [0.1, 0.15) is 106 Å². The maximum absolute atomic E-state index is 16.4. The van der Waals surface area contributed by atoms with Crippen LogP contribution in [0, 0.1) is 0 Å². The number of aryl methyl sites for hydroxylation is 2. The Morgan fingerprint density at radius 3 is 1.06 bits per heavy atom. The van der Waals surface area contributed by atoms with E-state index in [-0.39, 0.29) is 52.1 Å². The van der Waals surface area contributed by atoms with Crippen molar-refractivity contribution in [2.24, 2.45) is 0 Å². The average Bonchev–Trinajstić information content (AvgIpc) is 1.50. The van der Waals surface area contributed by atoms with Crippen molar-refractivity contribution in [1.82, 2.24) is 152 Å². The SMILES string of the molecule is COc1ccc2cc3[n+](cc2c1OCCOCCOCCOCCOCCOCCn1cc(COC24C5N6CN7C(=O)N8CN9C(=O)N%10CN%11C(=O)N%12CN%13C(=O)N%14CN%15C(=O)N%16CN%17C(=O)N(CN2C6=O)C2C%17N6CN%17C(=O)N(CN%18C(=O)N(CN%19C(=O)N(CN%20C(=O)N(CN%21C(=O)N(CN5C(=O)N4CN2C6=O)C7C8%21)C9C%10%20)C%11C%12%19)C%13C%14%18)C%15C%16%17)nn1)CCc1cc2c(cc1-3)OCO2. The van der Waals surface area contributed by atoms with Gasteiger partial charge in [0, 0.05) is 12.5 Å². The molecule has 132 heavy (non-hydrogen) atoms. The summed E-state index contributed by atoms with van der Waals surface area (Å²) in [6, 6.07) is -0.875. The number of methoxy groups -OCH3 is 1. The van der Waals surface area contributed by atoms with Crippen LogP contribution in [0.1, 0.15) is 11.3 Å². The van der Waals surface area contributed by atoms with Crippen LogP contribution in [0.5, 0.6) is 23.0 Å². The number of carbonyl (C=O) groups is 14. The van der Waals surface area contributed by atoms with Crippen molar-refractivity contribution in [3.05, 3.63) is 54.0 Å². The topological polar surface area (TPSA) is 457 Å². The molecule has 0 N–H and O–H groups in total. The van der Waals surface area contributed by atoms with Gasteiger partial charge in [0.15, 0.2) is 116 Å². The molecule has 56 heteroatoms. The normalized spacial score (nSPS) is 31.1. The molecular formula is C76H83N32O24+. The molecule has 0 bridgehead atoms. The summed E-state index contributed by atoms with van der Waals surface area (Å²) in [6.45, 7) is -4.85. The van der Waals surface area contributed by atoms with Crippen LogP contribution in [0.3, 0.4) is 0 Å². The second kappa shape index (κ2) is 26.8. The monoisotopic (exact) mass is 1830 g/mol. The van der Waals surface area contributed by atoms with E-state index in [1.54, 1.807) is 13.3 Å². The fourth-order valence-corrected chi connectivity index (χ4v) is 24.7. The highest BCUT2D eigenvalue weighted by Crippen LogP contribution is 2.56. The third-order valence-electron chi connectivity index (χ3n) is 30.3. The maximum atomic E-state index is 16.4. The molecule has 0 aliphatic carbocycles. The lowest BCUT2D eigenvalue weighted by molar-refractivity contribution is -0.686. The summed E-state index contributed by atoms with van der Waals surface area (Å²) in [7, 11) is 1.62. The summed E-state index contributed by atoms with van der Waals surface area (Å²) in [4.78, 5) is 258. The van der Waals surface area contributed by atoms with Gasteiger partial charge in [0.05, 0.1) is 103 Å². The average molecular weight is 1830 g/mol. The molecule has 2 aromatic heterocycles. The highest BCUT2D eigenvalue weighted by molar-refractivity contribution is 5.97. The quantitative estimate of drug-likeness (QED) is 0.0506. The first kappa shape index (κ1) is 76.6. The molecule has 28 amide bonds. The van der Waals surface area contributed by atoms with Crippen molar-refractivity contribution in [2.45, 2.75) is 112 Å². The Balaban J connectivity index is 0.425. The zero-order chi connectivity index (χ0) is 88.8. The van der Waals surface area contributed by atoms with E-state index in [9.17, 15) is 0 Å². The number of benzene rings is 2. The summed E-state index contributed by atoms with van der Waals surface area (Å²) in [5.74, 6) is 0.340. The first-order chi connectivity index (χ1) is 64.3. The number of carbonyl (C=O) groups excluding carboxylic acids is 14. The lowest BCUT2D eigenvalue weighted by atomic mass is 9.95. The molecule has 27 rings (SSSR count). The molecule has 0 radical (unpaired) electrons. The number of pyridine rings is 1. The van der Waals surface area contributed by atoms with Crippen LogP contribution in [0.25, 0.3) is 22.0 Å². The number of urea groups is 14. The number of hydrogen-bond acceptors (Lipinski definition) is 26. The minimum Gasteiger partial charge on any atom is -0.493 e. The molecule has 4 aromatic rings. The van der Waals surface area contributed by atoms with Crippen LogP contribution in [-0.4, -0.2) is 503 Å². The zero-order valence-corrected chi connectivity index (χ0v) is 70.4. The van der Waals surface area contributed by atoms with Crippen LogP contribution in [0.4, 0.5) is 67.1 Å². The molecule has 23 aliphatic heterocycles. The molecular weight excluding hydrogens is 1750 g/mol. The van der Waals surface area contributed by atoms with Gasteiger partial charge in [-0.3, -0.25) is 137 Å². The van der Waals surface area contributed by atoms with E-state index < -0.39 is 270 Å². The Morgan fingerprint density at radius 2 is 0.705 bits per heavy atom. The Bertz CT molecular complexity index is 5710. The number of hydrogen-bond donors (Lipinski definition) is 0. The van der Waals surface area contributed by atoms with E-state index >= 15 is 67.1 Å². The van der Waals surface area contributed by atoms with Gasteiger partial charge in [-0.25, -0.2) is 71.8 Å². The first-order valence-electron chi connectivity index (χ1n) is 43.8. The van der Waals surface area contributed by atoms with Crippen molar-refractivity contribution in [3.63, 3.8) is 0 Å². The number of rotatable bonds is 23. The predicted molar refractivity (Wildman–Crippen MR) is 418 cm³/mol. The van der Waals surface area contributed by atoms with Crippen molar-refractivity contribution in [2.75, 3.05) is 180 Å². The molecule has 21 fully saturated rings. The van der Waals surface area contributed by atoms with E-state index in [1.165, 1.54) is 138 Å². The van der Waals surface area contributed by atoms with E-state index in [4.69, 9.17) is 47.4 Å². The summed E-state index contributed by atoms with van der Waals surface area (Å²) in [5, 5.41) is 10.7. The number of ether oxygens (including phenoxy) is 10. The van der Waals surface area contributed by atoms with E-state index in [0.29, 0.717) is 51.1 Å². The third kappa shape index (κ3) is 9.63. The summed E-state index contributed by atoms with van der Waals surface area (Å²) < 4.78 is 63.2. The molecule has 2 aromatic carbocycles. The van der Waals surface area contributed by atoms with Crippen LogP contribution in [-0.2, 0) is 54.5 Å². The number of aromatic nitrogens is 4. The Labute approximate surface area is 744 Å². The van der Waals surface area contributed by atoms with Crippen LogP contribution in [0.2, 0.25) is 0 Å². The van der Waals surface area contributed by atoms with Gasteiger partial charge in [0.25, 0.3) is 5.85 Å². The number of nitrogens with zero attached hydrogens (tertiary/aromatic N) is 32. The van der Waals surface area contributed by atoms with Gasteiger partial charge < -0.3 is 47.4 Å². The molecule has 0 saturated carbocycles. The Hall–Kier alpha value is -14.3. The van der Waals surface area contributed by atoms with Crippen LogP contribution >= 0.6 is 0 Å². The second-order valence-corrected chi connectivity index (χ2v) is 36.2. The highest BCUT2D eigenvalue weighted by atomic mass is 16.7. The summed E-state index contributed by atoms with van der Waals surface area (Å²) in [6.07, 6.45) is -13.0. The van der Waals surface area contributed by atoms with Crippen molar-refractivity contribution in [1.29, 1.82) is 0 Å². The van der Waals surface area contributed by atoms with Gasteiger partial charge in [-0.15, -0.1) is 5.10 Å². The highest BCUT2D eigenvalue weighted by Gasteiger charge is 2.80. The predicted octanol–water partition coefficient (Wildman–Crippen LogP) is -3.91. The lowest BCUT2D eigenvalue weighted by Gasteiger charge is -2.47. The molecule has 690 valence electrons. The molecule has 0 unspecified atom stereocenters. The zero-order valence-electron chi connectivity index (χ0n) is 70.4. The van der Waals surface area contributed by atoms with Gasteiger partial charge in [-0.1, -0.05) is 5.21 Å². The standard InChI is InChI=1S/C76H83N32O24/c1-123-45-3-2-39-18-44-42-20-47-46(130-38-131-47)19-40(42)4-5-79(44)22-43(39)48(45)129-17-16-128-15-14-127-13-12-126-11-10-125-9-8-124-7-6-80-21-41(77-78-80)23-132-76-61-105-34-101-58-57-97(70(101)117)30-93-54-53-89(66(93)113)26-85-50-49-81(62(85)109)24-83-51-52-87(64(83)111)28-91-55-56-95(68(91)115)32-99-59-60(103(72(99)119)36-107(76)74(105)121)104-37-108(76)75(122)106(61)35-102(58)71(118)98(57)31-94(54)67(114)90(53)27-86(50)63(110)82(49)25-84(51)65(112)88(52)29-92(55)69(116)96(56)33-100(59)73(104)120/h2-3,18-22,49-61H,4-17,23-38H2,1H3/q+1. The largest absolute Gasteiger partial charge is 0.493 e. The number of amides is 28. The Kier molecular flexibility index (Phi) is 15.5. The number of fused-ring (bicyclic) bond motifs is 5. The minimum atomic E-state index is -2.44. The minimum absolute atomic E-state index is 0.142. The van der Waals surface area contributed by atoms with Crippen LogP contribution in [0.15, 0.2) is 42.7 Å². The van der Waals surface area contributed by atoms with Gasteiger partial charge >= 0.3 is 84.4 Å². The lowest BCUT2D eigenvalue weighted by Crippen LogP contribution is -2.69. The van der Waals surface area contributed by atoms with Crippen molar-refractivity contribution < 1.29 is 119 Å². The molecule has 0 atom stereocenters. The van der Waals surface area contributed by atoms with Crippen LogP contribution < -0.4 is 23.5 Å². The molecule has 21 saturated heterocycles. The fourth-order valence-electron chi connectivity index (χ4n) is 24.7. The van der Waals surface area contributed by atoms with E-state index in [0.717, 1.165) is 56.3 Å². The Morgan fingerprint density at radius 1 is 0.379 bits per heavy atom. The van der Waals surface area contributed by atoms with Crippen molar-refractivity contribution in [3.8, 4) is 34.3 Å². The molecule has 0 spiro atoms. The second-order valence-electron chi connectivity index (χ2n) is 36.2. The molecule has 56 nitrogen and oxygen atoms in total. The van der Waals surface area contributed by atoms with Gasteiger partial charge in [0.2, 0.25) is 12.5 Å². The maximum Gasteiger partial charge on any atom is 0.328 e. The fraction of sp³-hybridized carbons (Fsp3) is 0.592. The van der Waals surface area contributed by atoms with E-state index in [1.807, 2.05) is 12.1 Å². The molecule has 25 heterocycles. The molecule has 23 aliphatic rings. The smallest absolute Gasteiger partial charge is 0.328 e. The summed E-state index contributed by atoms with van der Waals surface area (Å²) in [5.41, 5.74) is 3.57. The summed E-state index contributed by atoms with van der Waals surface area (Å²) >= 11 is 0. The van der Waals surface area contributed by atoms with Crippen molar-refractivity contribution >= 4 is 95.2 Å².